The second kappa shape index (κ2) is 9.14. The highest BCUT2D eigenvalue weighted by Crippen LogP contribution is 2.20. The van der Waals surface area contributed by atoms with E-state index in [-0.39, 0.29) is 12.1 Å². The fourth-order valence-electron chi connectivity index (χ4n) is 2.97. The van der Waals surface area contributed by atoms with Crippen LogP contribution in [0.1, 0.15) is 29.7 Å². The quantitative estimate of drug-likeness (QED) is 0.684. The fourth-order valence-corrected chi connectivity index (χ4v) is 2.97. The van der Waals surface area contributed by atoms with Crippen LogP contribution in [0.3, 0.4) is 0 Å². The van der Waals surface area contributed by atoms with Crippen LogP contribution in [0.25, 0.3) is 5.69 Å². The minimum absolute atomic E-state index is 0.0704. The van der Waals surface area contributed by atoms with Gasteiger partial charge in [-0.25, -0.2) is 14.5 Å². The summed E-state index contributed by atoms with van der Waals surface area (Å²) in [7, 11) is 3.46. The second-order valence-electron chi connectivity index (χ2n) is 6.58. The van der Waals surface area contributed by atoms with Gasteiger partial charge in [0.15, 0.2) is 0 Å². The number of benzene rings is 2. The number of hydrogen-bond donors (Lipinski definition) is 1. The first-order valence-electron chi connectivity index (χ1n) is 9.11. The molecule has 1 atom stereocenters. The number of hydrogen-bond acceptors (Lipinski definition) is 4. The lowest BCUT2D eigenvalue weighted by atomic mass is 10.1. The topological polar surface area (TPSA) is 72.3 Å². The lowest BCUT2D eigenvalue weighted by Crippen LogP contribution is -2.38. The Balaban J connectivity index is 1.61. The van der Waals surface area contributed by atoms with Crippen LogP contribution in [-0.4, -0.2) is 39.9 Å². The monoisotopic (exact) mass is 379 g/mol. The van der Waals surface area contributed by atoms with Crippen LogP contribution in [0.4, 0.5) is 4.79 Å². The van der Waals surface area contributed by atoms with Gasteiger partial charge in [0.1, 0.15) is 12.7 Å². The summed E-state index contributed by atoms with van der Waals surface area (Å²) in [5.74, 6) is 0. The molecule has 0 bridgehead atoms. The number of rotatable bonds is 7. The molecule has 2 amide bonds. The Morgan fingerprint density at radius 3 is 2.54 bits per heavy atom. The molecule has 0 radical (unpaired) electrons. The number of nitrogens with one attached hydrogen (secondary N) is 1. The van der Waals surface area contributed by atoms with E-state index in [0.29, 0.717) is 13.2 Å². The SMILES string of the molecule is COCc1ccccc1CNC(=O)N(C)C(C)c1ccc(-n2cncn2)cc1. The van der Waals surface area contributed by atoms with E-state index in [2.05, 4.69) is 15.4 Å². The zero-order chi connectivity index (χ0) is 19.9. The summed E-state index contributed by atoms with van der Waals surface area (Å²) in [5.41, 5.74) is 4.09. The van der Waals surface area contributed by atoms with Gasteiger partial charge in [-0.3, -0.25) is 0 Å². The molecule has 1 aromatic heterocycles. The Morgan fingerprint density at radius 2 is 1.89 bits per heavy atom. The molecule has 2 aromatic carbocycles. The van der Waals surface area contributed by atoms with Gasteiger partial charge in [-0.1, -0.05) is 36.4 Å². The van der Waals surface area contributed by atoms with E-state index in [1.165, 1.54) is 6.33 Å². The molecule has 7 nitrogen and oxygen atoms in total. The summed E-state index contributed by atoms with van der Waals surface area (Å²) in [6.45, 7) is 2.99. The van der Waals surface area contributed by atoms with Crippen molar-refractivity contribution in [2.75, 3.05) is 14.2 Å². The van der Waals surface area contributed by atoms with Crippen molar-refractivity contribution in [2.24, 2.45) is 0 Å². The smallest absolute Gasteiger partial charge is 0.317 e. The molecule has 0 saturated heterocycles. The van der Waals surface area contributed by atoms with Crippen molar-refractivity contribution in [1.82, 2.24) is 25.0 Å². The Morgan fingerprint density at radius 1 is 1.18 bits per heavy atom. The predicted molar refractivity (Wildman–Crippen MR) is 107 cm³/mol. The second-order valence-corrected chi connectivity index (χ2v) is 6.58. The highest BCUT2D eigenvalue weighted by molar-refractivity contribution is 5.74. The Kier molecular flexibility index (Phi) is 6.39. The summed E-state index contributed by atoms with van der Waals surface area (Å²) < 4.78 is 6.92. The number of ether oxygens (including phenoxy) is 1. The molecule has 1 N–H and O–H groups in total. The van der Waals surface area contributed by atoms with E-state index in [9.17, 15) is 4.79 Å². The molecule has 7 heteroatoms. The third-order valence-electron chi connectivity index (χ3n) is 4.81. The van der Waals surface area contributed by atoms with Gasteiger partial charge >= 0.3 is 6.03 Å². The zero-order valence-electron chi connectivity index (χ0n) is 16.4. The predicted octanol–water partition coefficient (Wildman–Crippen LogP) is 3.32. The first-order valence-corrected chi connectivity index (χ1v) is 9.11. The maximum Gasteiger partial charge on any atom is 0.317 e. The molecule has 0 fully saturated rings. The molecule has 0 saturated carbocycles. The van der Waals surface area contributed by atoms with Crippen molar-refractivity contribution in [3.63, 3.8) is 0 Å². The lowest BCUT2D eigenvalue weighted by Gasteiger charge is -2.26. The summed E-state index contributed by atoms with van der Waals surface area (Å²) in [6, 6.07) is 15.7. The van der Waals surface area contributed by atoms with Crippen molar-refractivity contribution < 1.29 is 9.53 Å². The molecule has 28 heavy (non-hydrogen) atoms. The van der Waals surface area contributed by atoms with Crippen molar-refractivity contribution in [2.45, 2.75) is 26.1 Å². The number of aromatic nitrogens is 3. The molecule has 0 aliphatic rings. The summed E-state index contributed by atoms with van der Waals surface area (Å²) in [4.78, 5) is 18.3. The van der Waals surface area contributed by atoms with Gasteiger partial charge in [0.2, 0.25) is 0 Å². The average Bonchev–Trinajstić information content (AvgIpc) is 3.27. The van der Waals surface area contributed by atoms with Gasteiger partial charge in [0, 0.05) is 20.7 Å². The Hall–Kier alpha value is -3.19. The molecule has 3 aromatic rings. The molecule has 0 aliphatic heterocycles. The summed E-state index contributed by atoms with van der Waals surface area (Å²) in [6.07, 6.45) is 3.15. The normalized spacial score (nSPS) is 11.8. The third kappa shape index (κ3) is 4.55. The standard InChI is InChI=1S/C21H25N5O2/c1-16(17-8-10-20(11-9-17)26-15-22-14-24-26)25(2)21(27)23-12-18-6-4-5-7-19(18)13-28-3/h4-11,14-16H,12-13H2,1-3H3,(H,23,27). The van der Waals surface area contributed by atoms with Gasteiger partial charge in [0.05, 0.1) is 18.3 Å². The first kappa shape index (κ1) is 19.6. The molecular weight excluding hydrogens is 354 g/mol. The largest absolute Gasteiger partial charge is 0.380 e. The van der Waals surface area contributed by atoms with Crippen LogP contribution in [0.5, 0.6) is 0 Å². The van der Waals surface area contributed by atoms with Gasteiger partial charge in [-0.15, -0.1) is 0 Å². The number of amides is 2. The van der Waals surface area contributed by atoms with E-state index in [0.717, 1.165) is 22.4 Å². The molecule has 0 aliphatic carbocycles. The molecule has 3 rings (SSSR count). The molecular formula is C21H25N5O2. The van der Waals surface area contributed by atoms with Crippen molar-refractivity contribution in [3.05, 3.63) is 77.9 Å². The van der Waals surface area contributed by atoms with Gasteiger partial charge in [-0.2, -0.15) is 5.10 Å². The van der Waals surface area contributed by atoms with E-state index in [1.54, 1.807) is 30.1 Å². The maximum absolute atomic E-state index is 12.6. The van der Waals surface area contributed by atoms with Crippen molar-refractivity contribution >= 4 is 6.03 Å². The Labute approximate surface area is 165 Å². The molecule has 0 spiro atoms. The van der Waals surface area contributed by atoms with Crippen molar-refractivity contribution in [3.8, 4) is 5.69 Å². The molecule has 1 unspecified atom stereocenters. The molecule has 146 valence electrons. The first-order chi connectivity index (χ1) is 13.6. The maximum atomic E-state index is 12.6. The molecule has 1 heterocycles. The zero-order valence-corrected chi connectivity index (χ0v) is 16.4. The van der Waals surface area contributed by atoms with Crippen LogP contribution in [0.15, 0.2) is 61.2 Å². The number of carbonyl (C=O) groups is 1. The third-order valence-corrected chi connectivity index (χ3v) is 4.81. The van der Waals surface area contributed by atoms with Crippen LogP contribution in [0, 0.1) is 0 Å². The van der Waals surface area contributed by atoms with Crippen LogP contribution in [0.2, 0.25) is 0 Å². The van der Waals surface area contributed by atoms with Gasteiger partial charge in [0.25, 0.3) is 0 Å². The number of urea groups is 1. The number of carbonyl (C=O) groups excluding carboxylic acids is 1. The highest BCUT2D eigenvalue weighted by atomic mass is 16.5. The lowest BCUT2D eigenvalue weighted by molar-refractivity contribution is 0.183. The average molecular weight is 379 g/mol. The number of nitrogens with zero attached hydrogens (tertiary/aromatic N) is 4. The van der Waals surface area contributed by atoms with E-state index in [4.69, 9.17) is 4.74 Å². The van der Waals surface area contributed by atoms with E-state index >= 15 is 0 Å². The van der Waals surface area contributed by atoms with Gasteiger partial charge in [-0.05, 0) is 35.7 Å². The number of methoxy groups -OCH3 is 1. The minimum atomic E-state index is -0.125. The van der Waals surface area contributed by atoms with Crippen LogP contribution < -0.4 is 5.32 Å². The van der Waals surface area contributed by atoms with E-state index in [1.807, 2.05) is 55.5 Å². The van der Waals surface area contributed by atoms with Crippen LogP contribution >= 0.6 is 0 Å². The Bertz CT molecular complexity index is 893. The highest BCUT2D eigenvalue weighted by Gasteiger charge is 2.17. The van der Waals surface area contributed by atoms with Crippen molar-refractivity contribution in [1.29, 1.82) is 0 Å². The minimum Gasteiger partial charge on any atom is -0.380 e. The summed E-state index contributed by atoms with van der Waals surface area (Å²) in [5, 5.41) is 7.11. The van der Waals surface area contributed by atoms with Gasteiger partial charge < -0.3 is 15.0 Å². The van der Waals surface area contributed by atoms with Crippen LogP contribution in [-0.2, 0) is 17.9 Å². The van der Waals surface area contributed by atoms with E-state index < -0.39 is 0 Å². The fraction of sp³-hybridized carbons (Fsp3) is 0.286. The summed E-state index contributed by atoms with van der Waals surface area (Å²) >= 11 is 0.